The molecule has 1 aromatic carbocycles. The molecule has 0 atom stereocenters. The lowest BCUT2D eigenvalue weighted by Gasteiger charge is -2.35. The lowest BCUT2D eigenvalue weighted by molar-refractivity contribution is -0.0690. The second kappa shape index (κ2) is 4.06. The maximum absolute atomic E-state index is 13.2. The first-order valence-corrected chi connectivity index (χ1v) is 4.83. The number of hydrogen-bond donors (Lipinski definition) is 1. The third-order valence-electron chi connectivity index (χ3n) is 2.54. The fraction of sp³-hybridized carbons (Fsp3) is 0.364. The molecule has 1 fully saturated rings. The van der Waals surface area contributed by atoms with Gasteiger partial charge in [0.25, 0.3) is 0 Å². The third kappa shape index (κ3) is 1.97. The Kier molecular flexibility index (Phi) is 2.75. The minimum absolute atomic E-state index is 0.0709. The minimum atomic E-state index is -0.612. The van der Waals surface area contributed by atoms with Gasteiger partial charge in [-0.2, -0.15) is 5.26 Å². The molecule has 0 amide bonds. The van der Waals surface area contributed by atoms with E-state index in [2.05, 4.69) is 11.4 Å². The molecule has 0 saturated carbocycles. The van der Waals surface area contributed by atoms with Gasteiger partial charge >= 0.3 is 0 Å². The van der Waals surface area contributed by atoms with E-state index in [1.807, 2.05) is 0 Å². The maximum atomic E-state index is 13.2. The molecule has 1 heterocycles. The first kappa shape index (κ1) is 10.8. The molecule has 0 spiro atoms. The number of benzene rings is 1. The van der Waals surface area contributed by atoms with E-state index in [0.29, 0.717) is 13.2 Å². The fourth-order valence-electron chi connectivity index (χ4n) is 1.45. The third-order valence-corrected chi connectivity index (χ3v) is 2.54. The fourth-order valence-corrected chi connectivity index (χ4v) is 1.45. The molecular formula is C11H10F2N2O. The number of nitriles is 1. The van der Waals surface area contributed by atoms with Crippen molar-refractivity contribution >= 4 is 5.69 Å². The second-order valence-electron chi connectivity index (χ2n) is 3.86. The monoisotopic (exact) mass is 224 g/mol. The van der Waals surface area contributed by atoms with Crippen LogP contribution in [0.1, 0.15) is 0 Å². The van der Waals surface area contributed by atoms with E-state index in [4.69, 9.17) is 10.00 Å². The van der Waals surface area contributed by atoms with Crippen LogP contribution in [0.25, 0.3) is 0 Å². The van der Waals surface area contributed by atoms with E-state index in [0.717, 1.165) is 18.2 Å². The molecule has 0 aliphatic carbocycles. The van der Waals surface area contributed by atoms with Crippen LogP contribution < -0.4 is 5.32 Å². The zero-order valence-corrected chi connectivity index (χ0v) is 8.46. The number of nitrogens with one attached hydrogen (secondary N) is 1. The van der Waals surface area contributed by atoms with Crippen molar-refractivity contribution in [3.63, 3.8) is 0 Å². The number of halogens is 2. The zero-order valence-electron chi connectivity index (χ0n) is 8.46. The van der Waals surface area contributed by atoms with E-state index in [1.165, 1.54) is 0 Å². The van der Waals surface area contributed by atoms with Gasteiger partial charge in [-0.05, 0) is 18.2 Å². The highest BCUT2D eigenvalue weighted by atomic mass is 19.1. The average molecular weight is 224 g/mol. The summed E-state index contributed by atoms with van der Waals surface area (Å²) < 4.78 is 31.0. The summed E-state index contributed by atoms with van der Waals surface area (Å²) in [7, 11) is 0. The molecule has 0 bridgehead atoms. The highest BCUT2D eigenvalue weighted by Crippen LogP contribution is 2.27. The molecule has 84 valence electrons. The SMILES string of the molecule is N#CC1(CNc2cc(F)ccc2F)COC1. The van der Waals surface area contributed by atoms with Gasteiger partial charge in [-0.3, -0.25) is 0 Å². The first-order chi connectivity index (χ1) is 7.65. The van der Waals surface area contributed by atoms with Crippen LogP contribution in [0.3, 0.4) is 0 Å². The van der Waals surface area contributed by atoms with Gasteiger partial charge in [0.2, 0.25) is 0 Å². The lowest BCUT2D eigenvalue weighted by atomic mass is 9.88. The summed E-state index contributed by atoms with van der Waals surface area (Å²) in [6.45, 7) is 0.907. The Morgan fingerprint density at radius 1 is 1.44 bits per heavy atom. The summed E-state index contributed by atoms with van der Waals surface area (Å²) in [5.74, 6) is -1.05. The van der Waals surface area contributed by atoms with E-state index in [9.17, 15) is 8.78 Å². The Hall–Kier alpha value is -1.67. The molecule has 1 N–H and O–H groups in total. The Morgan fingerprint density at radius 2 is 2.19 bits per heavy atom. The van der Waals surface area contributed by atoms with Crippen molar-refractivity contribution < 1.29 is 13.5 Å². The van der Waals surface area contributed by atoms with Crippen molar-refractivity contribution in [2.24, 2.45) is 5.41 Å². The molecule has 1 saturated heterocycles. The molecule has 1 aliphatic rings. The molecule has 3 nitrogen and oxygen atoms in total. The Bertz CT molecular complexity index is 438. The smallest absolute Gasteiger partial charge is 0.146 e. The van der Waals surface area contributed by atoms with Crippen molar-refractivity contribution in [1.29, 1.82) is 5.26 Å². The van der Waals surface area contributed by atoms with Gasteiger partial charge in [0.05, 0.1) is 25.0 Å². The van der Waals surface area contributed by atoms with Gasteiger partial charge in [0, 0.05) is 6.54 Å². The number of ether oxygens (including phenoxy) is 1. The Balaban J connectivity index is 2.05. The van der Waals surface area contributed by atoms with Crippen LogP contribution in [0, 0.1) is 28.4 Å². The topological polar surface area (TPSA) is 45.0 Å². The van der Waals surface area contributed by atoms with Crippen molar-refractivity contribution in [2.75, 3.05) is 25.1 Å². The van der Waals surface area contributed by atoms with Gasteiger partial charge in [-0.25, -0.2) is 8.78 Å². The van der Waals surface area contributed by atoms with Gasteiger partial charge in [-0.1, -0.05) is 0 Å². The maximum Gasteiger partial charge on any atom is 0.146 e. The quantitative estimate of drug-likeness (QED) is 0.853. The molecule has 0 aromatic heterocycles. The van der Waals surface area contributed by atoms with Crippen molar-refractivity contribution in [2.45, 2.75) is 0 Å². The van der Waals surface area contributed by atoms with Crippen LogP contribution >= 0.6 is 0 Å². The van der Waals surface area contributed by atoms with E-state index in [-0.39, 0.29) is 12.2 Å². The molecular weight excluding hydrogens is 214 g/mol. The predicted molar refractivity (Wildman–Crippen MR) is 53.7 cm³/mol. The van der Waals surface area contributed by atoms with Crippen LogP contribution in [0.15, 0.2) is 18.2 Å². The van der Waals surface area contributed by atoms with Crippen molar-refractivity contribution in [3.05, 3.63) is 29.8 Å². The molecule has 1 aromatic rings. The minimum Gasteiger partial charge on any atom is -0.381 e. The molecule has 2 rings (SSSR count). The molecule has 0 radical (unpaired) electrons. The van der Waals surface area contributed by atoms with Crippen LogP contribution in [0.4, 0.5) is 14.5 Å². The summed E-state index contributed by atoms with van der Waals surface area (Å²) in [6, 6.07) is 5.28. The Labute approximate surface area is 91.6 Å². The highest BCUT2D eigenvalue weighted by molar-refractivity contribution is 5.45. The summed E-state index contributed by atoms with van der Waals surface area (Å²) in [6.07, 6.45) is 0. The highest BCUT2D eigenvalue weighted by Gasteiger charge is 2.38. The van der Waals surface area contributed by atoms with Gasteiger partial charge < -0.3 is 10.1 Å². The molecule has 1 aliphatic heterocycles. The number of anilines is 1. The molecule has 0 unspecified atom stereocenters. The van der Waals surface area contributed by atoms with Gasteiger partial charge in [-0.15, -0.1) is 0 Å². The van der Waals surface area contributed by atoms with E-state index in [1.54, 1.807) is 0 Å². The van der Waals surface area contributed by atoms with Crippen LogP contribution in [0.2, 0.25) is 0 Å². The molecule has 16 heavy (non-hydrogen) atoms. The van der Waals surface area contributed by atoms with Crippen molar-refractivity contribution in [1.82, 2.24) is 0 Å². The summed E-state index contributed by atoms with van der Waals surface area (Å²) in [5, 5.41) is 11.6. The largest absolute Gasteiger partial charge is 0.381 e. The summed E-state index contributed by atoms with van der Waals surface area (Å²) in [4.78, 5) is 0. The summed E-state index contributed by atoms with van der Waals surface area (Å²) in [5.41, 5.74) is -0.541. The van der Waals surface area contributed by atoms with E-state index >= 15 is 0 Å². The average Bonchev–Trinajstić information content (AvgIpc) is 2.22. The van der Waals surface area contributed by atoms with Crippen molar-refractivity contribution in [3.8, 4) is 6.07 Å². The number of rotatable bonds is 3. The second-order valence-corrected chi connectivity index (χ2v) is 3.86. The molecule has 5 heteroatoms. The van der Waals surface area contributed by atoms with E-state index < -0.39 is 17.0 Å². The summed E-state index contributed by atoms with van der Waals surface area (Å²) >= 11 is 0. The normalized spacial score (nSPS) is 17.3. The van der Waals surface area contributed by atoms with Crippen LogP contribution in [-0.4, -0.2) is 19.8 Å². The predicted octanol–water partition coefficient (Wildman–Crippen LogP) is 1.92. The van der Waals surface area contributed by atoms with Crippen LogP contribution in [0.5, 0.6) is 0 Å². The Morgan fingerprint density at radius 3 is 2.75 bits per heavy atom. The lowest BCUT2D eigenvalue weighted by Crippen LogP contribution is -2.46. The van der Waals surface area contributed by atoms with Gasteiger partial charge in [0.15, 0.2) is 0 Å². The zero-order chi connectivity index (χ0) is 11.6. The standard InChI is InChI=1S/C11H10F2N2O/c12-8-1-2-9(13)10(3-8)15-5-11(4-14)6-16-7-11/h1-3,15H,5-7H2. The van der Waals surface area contributed by atoms with Crippen LogP contribution in [-0.2, 0) is 4.74 Å². The number of hydrogen-bond acceptors (Lipinski definition) is 3. The van der Waals surface area contributed by atoms with Gasteiger partial charge in [0.1, 0.15) is 17.0 Å². The first-order valence-electron chi connectivity index (χ1n) is 4.83. The number of nitrogens with zero attached hydrogens (tertiary/aromatic N) is 1.